The van der Waals surface area contributed by atoms with Crippen LogP contribution in [0.25, 0.3) is 33.4 Å². The van der Waals surface area contributed by atoms with Crippen LogP contribution in [-0.2, 0) is 21.7 Å². The summed E-state index contributed by atoms with van der Waals surface area (Å²) in [6.07, 6.45) is 0. The molecule has 2 heteroatoms. The standard InChI is InChI=1S/C60H52N2/c1-57(2)45-19-11-9-17-41(45)43-29-27-39(35-49(43)57)61-53-23-15-13-21-47(53)59(5,6)51-33-37(25-31-55(51)61)38-26-32-56-52(34-38)60(7,8)48-22-14-16-24-54(48)62(56)40-28-30-44-42-18-10-12-20-46(42)58(3,4)50(44)36-40/h9-36H,1-8H3. The molecule has 8 aromatic carbocycles. The van der Waals surface area contributed by atoms with Gasteiger partial charge in [-0.25, -0.2) is 0 Å². The molecule has 2 heterocycles. The van der Waals surface area contributed by atoms with Crippen molar-refractivity contribution in [2.24, 2.45) is 0 Å². The van der Waals surface area contributed by atoms with E-state index in [1.807, 2.05) is 0 Å². The molecule has 0 aromatic heterocycles. The van der Waals surface area contributed by atoms with Crippen molar-refractivity contribution in [3.05, 3.63) is 214 Å². The van der Waals surface area contributed by atoms with Gasteiger partial charge in [-0.2, -0.15) is 0 Å². The summed E-state index contributed by atoms with van der Waals surface area (Å²) in [5, 5.41) is 0. The third-order valence-electron chi connectivity index (χ3n) is 15.4. The molecule has 0 saturated heterocycles. The zero-order valence-corrected chi connectivity index (χ0v) is 37.1. The number of nitrogens with zero attached hydrogens (tertiary/aromatic N) is 2. The number of anilines is 6. The maximum Gasteiger partial charge on any atom is 0.0503 e. The average Bonchev–Trinajstić information content (AvgIpc) is 3.65. The molecule has 2 nitrogen and oxygen atoms in total. The Hall–Kier alpha value is -6.64. The Morgan fingerprint density at radius 2 is 0.581 bits per heavy atom. The molecule has 0 spiro atoms. The maximum atomic E-state index is 2.51. The molecule has 0 unspecified atom stereocenters. The minimum absolute atomic E-state index is 0.0808. The molecule has 0 radical (unpaired) electrons. The van der Waals surface area contributed by atoms with Gasteiger partial charge in [0.1, 0.15) is 0 Å². The van der Waals surface area contributed by atoms with Crippen molar-refractivity contribution in [3.8, 4) is 33.4 Å². The van der Waals surface area contributed by atoms with E-state index in [9.17, 15) is 0 Å². The summed E-state index contributed by atoms with van der Waals surface area (Å²) in [6, 6.07) is 64.6. The highest BCUT2D eigenvalue weighted by molar-refractivity contribution is 5.93. The van der Waals surface area contributed by atoms with Gasteiger partial charge in [0, 0.05) is 33.0 Å². The van der Waals surface area contributed by atoms with Crippen LogP contribution in [0.15, 0.2) is 170 Å². The van der Waals surface area contributed by atoms with Crippen LogP contribution in [0.3, 0.4) is 0 Å². The normalized spacial score (nSPS) is 17.2. The first kappa shape index (κ1) is 37.1. The fourth-order valence-corrected chi connectivity index (χ4v) is 12.0. The third-order valence-corrected chi connectivity index (χ3v) is 15.4. The summed E-state index contributed by atoms with van der Waals surface area (Å²) in [4.78, 5) is 5.03. The van der Waals surface area contributed by atoms with E-state index in [1.54, 1.807) is 0 Å². The van der Waals surface area contributed by atoms with Gasteiger partial charge < -0.3 is 9.80 Å². The van der Waals surface area contributed by atoms with Gasteiger partial charge in [0.05, 0.1) is 22.7 Å². The summed E-state index contributed by atoms with van der Waals surface area (Å²) in [7, 11) is 0. The van der Waals surface area contributed by atoms with Crippen LogP contribution in [0.4, 0.5) is 34.1 Å². The molecule has 0 fully saturated rings. The summed E-state index contributed by atoms with van der Waals surface area (Å²) < 4.78 is 0. The Balaban J connectivity index is 0.989. The zero-order chi connectivity index (χ0) is 42.5. The van der Waals surface area contributed by atoms with Crippen molar-refractivity contribution in [3.63, 3.8) is 0 Å². The SMILES string of the molecule is CC1(C)c2ccccc2-c2ccc(N3c4ccccc4C(C)(C)c4cc(-c5ccc6c(c5)C(C)(C)c5ccccc5N6c5ccc6c(c5)C(C)(C)c5ccccc5-6)ccc43)cc21. The summed E-state index contributed by atoms with van der Waals surface area (Å²) in [5.41, 5.74) is 25.6. The van der Waals surface area contributed by atoms with Gasteiger partial charge in [0.2, 0.25) is 0 Å². The van der Waals surface area contributed by atoms with Crippen LogP contribution in [0.1, 0.15) is 99.9 Å². The van der Waals surface area contributed by atoms with E-state index in [0.29, 0.717) is 0 Å². The molecule has 4 aliphatic rings. The number of benzene rings is 8. The van der Waals surface area contributed by atoms with Crippen molar-refractivity contribution >= 4 is 34.1 Å². The number of fused-ring (bicyclic) bond motifs is 10. The first-order chi connectivity index (χ1) is 29.8. The molecule has 0 bridgehead atoms. The molecule has 2 aliphatic heterocycles. The second-order valence-electron chi connectivity index (χ2n) is 20.2. The third kappa shape index (κ3) is 4.87. The Kier molecular flexibility index (Phi) is 7.48. The molecule has 0 N–H and O–H groups in total. The lowest BCUT2D eigenvalue weighted by molar-refractivity contribution is 0.630. The molecular formula is C60H52N2. The van der Waals surface area contributed by atoms with Gasteiger partial charge in [-0.1, -0.05) is 165 Å². The summed E-state index contributed by atoms with van der Waals surface area (Å²) in [6.45, 7) is 19.1. The minimum Gasteiger partial charge on any atom is -0.310 e. The Bertz CT molecular complexity index is 2990. The summed E-state index contributed by atoms with van der Waals surface area (Å²) in [5.74, 6) is 0. The largest absolute Gasteiger partial charge is 0.310 e. The fraction of sp³-hybridized carbons (Fsp3) is 0.200. The predicted octanol–water partition coefficient (Wildman–Crippen LogP) is 16.2. The minimum atomic E-state index is -0.213. The van der Waals surface area contributed by atoms with Crippen molar-refractivity contribution < 1.29 is 0 Å². The van der Waals surface area contributed by atoms with Crippen molar-refractivity contribution in [2.45, 2.75) is 77.0 Å². The van der Waals surface area contributed by atoms with E-state index in [0.717, 1.165) is 0 Å². The first-order valence-corrected chi connectivity index (χ1v) is 22.4. The van der Waals surface area contributed by atoms with E-state index in [4.69, 9.17) is 0 Å². The Morgan fingerprint density at radius 3 is 1.00 bits per heavy atom. The molecule has 62 heavy (non-hydrogen) atoms. The van der Waals surface area contributed by atoms with Crippen molar-refractivity contribution in [1.82, 2.24) is 0 Å². The molecule has 302 valence electrons. The highest BCUT2D eigenvalue weighted by Gasteiger charge is 2.42. The average molecular weight is 801 g/mol. The monoisotopic (exact) mass is 800 g/mol. The maximum absolute atomic E-state index is 2.51. The predicted molar refractivity (Wildman–Crippen MR) is 261 cm³/mol. The smallest absolute Gasteiger partial charge is 0.0503 e. The quantitative estimate of drug-likeness (QED) is 0.176. The van der Waals surface area contributed by atoms with E-state index < -0.39 is 0 Å². The Morgan fingerprint density at radius 1 is 0.258 bits per heavy atom. The van der Waals surface area contributed by atoms with E-state index in [2.05, 4.69) is 235 Å². The highest BCUT2D eigenvalue weighted by atomic mass is 15.2. The lowest BCUT2D eigenvalue weighted by atomic mass is 9.71. The number of rotatable bonds is 3. The lowest BCUT2D eigenvalue weighted by Crippen LogP contribution is -2.31. The molecular weight excluding hydrogens is 749 g/mol. The molecule has 8 aromatic rings. The van der Waals surface area contributed by atoms with Crippen LogP contribution >= 0.6 is 0 Å². The van der Waals surface area contributed by atoms with E-state index in [-0.39, 0.29) is 21.7 Å². The summed E-state index contributed by atoms with van der Waals surface area (Å²) >= 11 is 0. The molecule has 2 aliphatic carbocycles. The van der Waals surface area contributed by atoms with Crippen LogP contribution in [0, 0.1) is 0 Å². The molecule has 0 amide bonds. The number of hydrogen-bond donors (Lipinski definition) is 0. The van der Waals surface area contributed by atoms with Gasteiger partial charge >= 0.3 is 0 Å². The highest BCUT2D eigenvalue weighted by Crippen LogP contribution is 2.58. The Labute approximate surface area is 367 Å². The van der Waals surface area contributed by atoms with Gasteiger partial charge in [-0.3, -0.25) is 0 Å². The second-order valence-corrected chi connectivity index (χ2v) is 20.2. The van der Waals surface area contributed by atoms with Crippen LogP contribution in [0.2, 0.25) is 0 Å². The lowest BCUT2D eigenvalue weighted by Gasteiger charge is -2.43. The zero-order valence-electron chi connectivity index (χ0n) is 37.1. The topological polar surface area (TPSA) is 6.48 Å². The van der Waals surface area contributed by atoms with Crippen LogP contribution in [0.5, 0.6) is 0 Å². The fourth-order valence-electron chi connectivity index (χ4n) is 12.0. The first-order valence-electron chi connectivity index (χ1n) is 22.4. The van der Waals surface area contributed by atoms with Gasteiger partial charge in [0.15, 0.2) is 0 Å². The molecule has 0 atom stereocenters. The van der Waals surface area contributed by atoms with Gasteiger partial charge in [0.25, 0.3) is 0 Å². The van der Waals surface area contributed by atoms with Crippen LogP contribution < -0.4 is 9.80 Å². The van der Waals surface area contributed by atoms with Crippen molar-refractivity contribution in [2.75, 3.05) is 9.80 Å². The number of hydrogen-bond acceptors (Lipinski definition) is 2. The van der Waals surface area contributed by atoms with Gasteiger partial charge in [-0.15, -0.1) is 0 Å². The molecule has 12 rings (SSSR count). The second kappa shape index (κ2) is 12.5. The van der Waals surface area contributed by atoms with E-state index in [1.165, 1.54) is 112 Å². The molecule has 0 saturated carbocycles. The number of para-hydroxylation sites is 2. The van der Waals surface area contributed by atoms with E-state index >= 15 is 0 Å². The van der Waals surface area contributed by atoms with Gasteiger partial charge in [-0.05, 0) is 139 Å². The van der Waals surface area contributed by atoms with Crippen molar-refractivity contribution in [1.29, 1.82) is 0 Å². The van der Waals surface area contributed by atoms with Crippen LogP contribution in [-0.4, -0.2) is 0 Å².